The Kier molecular flexibility index (Phi) is 2.83. The van der Waals surface area contributed by atoms with Gasteiger partial charge in [-0.15, -0.1) is 0 Å². The third-order valence-corrected chi connectivity index (χ3v) is 1.82. The molecule has 0 radical (unpaired) electrons. The number of carbonyl (C=O) groups excluding carboxylic acids is 1. The monoisotopic (exact) mass is 208 g/mol. The topological polar surface area (TPSA) is 80.2 Å². The van der Waals surface area contributed by atoms with Crippen LogP contribution in [0, 0.1) is 0 Å². The number of aromatic carboxylic acids is 1. The first-order chi connectivity index (χ1) is 6.86. The van der Waals surface area contributed by atoms with Gasteiger partial charge in [0, 0.05) is 11.6 Å². The Labute approximate surface area is 87.2 Å². The lowest BCUT2D eigenvalue weighted by Crippen LogP contribution is -2.19. The molecule has 1 rings (SSSR count). The van der Waals surface area contributed by atoms with Crippen LogP contribution < -0.4 is 0 Å². The minimum Gasteiger partial charge on any atom is -0.476 e. The van der Waals surface area contributed by atoms with E-state index in [1.54, 1.807) is 0 Å². The average Bonchev–Trinajstić information content (AvgIpc) is 2.15. The first-order valence-electron chi connectivity index (χ1n) is 4.42. The highest BCUT2D eigenvalue weighted by molar-refractivity contribution is 5.94. The molecule has 80 valence electrons. The van der Waals surface area contributed by atoms with Crippen LogP contribution in [0.25, 0.3) is 0 Å². The van der Waals surface area contributed by atoms with Crippen LogP contribution in [-0.2, 0) is 5.41 Å². The van der Waals surface area contributed by atoms with Gasteiger partial charge in [-0.2, -0.15) is 0 Å². The Bertz CT molecular complexity index is 408. The molecule has 0 fully saturated rings. The van der Waals surface area contributed by atoms with E-state index in [9.17, 15) is 9.59 Å². The molecule has 0 saturated heterocycles. The number of carboxylic acid groups (broad SMARTS) is 1. The largest absolute Gasteiger partial charge is 0.476 e. The van der Waals surface area contributed by atoms with Gasteiger partial charge in [-0.25, -0.2) is 14.8 Å². The molecule has 0 unspecified atom stereocenters. The van der Waals surface area contributed by atoms with Crippen LogP contribution in [0.2, 0.25) is 0 Å². The quantitative estimate of drug-likeness (QED) is 0.740. The SMILES string of the molecule is CC(C)(C)c1ncc(C=O)c(C(=O)O)n1. The van der Waals surface area contributed by atoms with Crippen molar-refractivity contribution in [2.24, 2.45) is 0 Å². The van der Waals surface area contributed by atoms with E-state index in [0.717, 1.165) is 0 Å². The van der Waals surface area contributed by atoms with Crippen LogP contribution in [-0.4, -0.2) is 27.3 Å². The molecule has 0 bridgehead atoms. The third kappa shape index (κ3) is 2.37. The van der Waals surface area contributed by atoms with Gasteiger partial charge in [-0.1, -0.05) is 20.8 Å². The van der Waals surface area contributed by atoms with Crippen molar-refractivity contribution < 1.29 is 14.7 Å². The summed E-state index contributed by atoms with van der Waals surface area (Å²) >= 11 is 0. The summed E-state index contributed by atoms with van der Waals surface area (Å²) in [6, 6.07) is 0. The van der Waals surface area contributed by atoms with E-state index in [1.807, 2.05) is 20.8 Å². The zero-order chi connectivity index (χ0) is 11.6. The number of nitrogens with zero attached hydrogens (tertiary/aromatic N) is 2. The maximum absolute atomic E-state index is 10.8. The molecule has 0 spiro atoms. The van der Waals surface area contributed by atoms with Gasteiger partial charge in [-0.05, 0) is 0 Å². The molecule has 0 aliphatic heterocycles. The second kappa shape index (κ2) is 3.76. The van der Waals surface area contributed by atoms with E-state index < -0.39 is 5.97 Å². The summed E-state index contributed by atoms with van der Waals surface area (Å²) in [6.45, 7) is 5.61. The standard InChI is InChI=1S/C10H12N2O3/c1-10(2,3)9-11-4-6(5-13)7(12-9)8(14)15/h4-5H,1-3H3,(H,14,15). The van der Waals surface area contributed by atoms with Crippen molar-refractivity contribution >= 4 is 12.3 Å². The van der Waals surface area contributed by atoms with Crippen molar-refractivity contribution in [1.82, 2.24) is 9.97 Å². The van der Waals surface area contributed by atoms with E-state index in [2.05, 4.69) is 9.97 Å². The Hall–Kier alpha value is -1.78. The van der Waals surface area contributed by atoms with Crippen molar-refractivity contribution in [3.05, 3.63) is 23.3 Å². The molecule has 15 heavy (non-hydrogen) atoms. The molecule has 1 heterocycles. The van der Waals surface area contributed by atoms with E-state index in [-0.39, 0.29) is 16.7 Å². The van der Waals surface area contributed by atoms with Gasteiger partial charge in [0.2, 0.25) is 0 Å². The fraction of sp³-hybridized carbons (Fsp3) is 0.400. The molecule has 1 aromatic rings. The molecule has 5 heteroatoms. The van der Waals surface area contributed by atoms with Crippen LogP contribution in [0.15, 0.2) is 6.20 Å². The average molecular weight is 208 g/mol. The highest BCUT2D eigenvalue weighted by atomic mass is 16.4. The van der Waals surface area contributed by atoms with Crippen LogP contribution in [0.1, 0.15) is 47.4 Å². The molecule has 5 nitrogen and oxygen atoms in total. The summed E-state index contributed by atoms with van der Waals surface area (Å²) < 4.78 is 0. The Morgan fingerprint density at radius 2 is 2.07 bits per heavy atom. The van der Waals surface area contributed by atoms with E-state index in [1.165, 1.54) is 6.20 Å². The van der Waals surface area contributed by atoms with Crippen molar-refractivity contribution in [2.75, 3.05) is 0 Å². The van der Waals surface area contributed by atoms with Gasteiger partial charge in [-0.3, -0.25) is 4.79 Å². The second-order valence-electron chi connectivity index (χ2n) is 4.17. The molecule has 1 aromatic heterocycles. The predicted molar refractivity (Wildman–Crippen MR) is 53.1 cm³/mol. The van der Waals surface area contributed by atoms with Crippen molar-refractivity contribution in [3.8, 4) is 0 Å². The molecule has 0 aliphatic carbocycles. The van der Waals surface area contributed by atoms with Crippen LogP contribution >= 0.6 is 0 Å². The summed E-state index contributed by atoms with van der Waals surface area (Å²) in [5, 5.41) is 8.84. The molecule has 1 N–H and O–H groups in total. The van der Waals surface area contributed by atoms with E-state index in [0.29, 0.717) is 12.1 Å². The zero-order valence-corrected chi connectivity index (χ0v) is 8.81. The lowest BCUT2D eigenvalue weighted by Gasteiger charge is -2.16. The van der Waals surface area contributed by atoms with Crippen molar-refractivity contribution in [3.63, 3.8) is 0 Å². The minimum absolute atomic E-state index is 0.00417. The number of aromatic nitrogens is 2. The lowest BCUT2D eigenvalue weighted by atomic mass is 9.95. The van der Waals surface area contributed by atoms with Crippen molar-refractivity contribution in [2.45, 2.75) is 26.2 Å². The van der Waals surface area contributed by atoms with Crippen LogP contribution in [0.4, 0.5) is 0 Å². The molecule has 0 aliphatic rings. The van der Waals surface area contributed by atoms with Gasteiger partial charge in [0.15, 0.2) is 12.0 Å². The Morgan fingerprint density at radius 3 is 2.47 bits per heavy atom. The zero-order valence-electron chi connectivity index (χ0n) is 8.81. The number of aldehydes is 1. The molecule has 0 atom stereocenters. The number of carbonyl (C=O) groups is 2. The first kappa shape index (κ1) is 11.3. The smallest absolute Gasteiger partial charge is 0.355 e. The lowest BCUT2D eigenvalue weighted by molar-refractivity contribution is 0.0686. The summed E-state index contributed by atoms with van der Waals surface area (Å²) in [4.78, 5) is 29.2. The Morgan fingerprint density at radius 1 is 1.47 bits per heavy atom. The maximum Gasteiger partial charge on any atom is 0.355 e. The van der Waals surface area contributed by atoms with Gasteiger partial charge in [0.1, 0.15) is 5.82 Å². The fourth-order valence-electron chi connectivity index (χ4n) is 1.01. The third-order valence-electron chi connectivity index (χ3n) is 1.82. The number of hydrogen-bond acceptors (Lipinski definition) is 4. The van der Waals surface area contributed by atoms with Crippen LogP contribution in [0.5, 0.6) is 0 Å². The normalized spacial score (nSPS) is 11.1. The van der Waals surface area contributed by atoms with Gasteiger partial charge < -0.3 is 5.11 Å². The predicted octanol–water partition coefficient (Wildman–Crippen LogP) is 1.28. The van der Waals surface area contributed by atoms with E-state index >= 15 is 0 Å². The molecule has 0 aromatic carbocycles. The van der Waals surface area contributed by atoms with Crippen LogP contribution in [0.3, 0.4) is 0 Å². The summed E-state index contributed by atoms with van der Waals surface area (Å²) in [6.07, 6.45) is 1.68. The summed E-state index contributed by atoms with van der Waals surface area (Å²) in [7, 11) is 0. The minimum atomic E-state index is -1.22. The number of rotatable bonds is 2. The number of carboxylic acids is 1. The first-order valence-corrected chi connectivity index (χ1v) is 4.42. The molecule has 0 amide bonds. The fourth-order valence-corrected chi connectivity index (χ4v) is 1.01. The molecular formula is C10H12N2O3. The van der Waals surface area contributed by atoms with E-state index in [4.69, 9.17) is 5.11 Å². The highest BCUT2D eigenvalue weighted by Gasteiger charge is 2.21. The van der Waals surface area contributed by atoms with Crippen molar-refractivity contribution in [1.29, 1.82) is 0 Å². The van der Waals surface area contributed by atoms with Gasteiger partial charge in [0.25, 0.3) is 0 Å². The Balaban J connectivity index is 3.35. The van der Waals surface area contributed by atoms with Gasteiger partial charge in [0.05, 0.1) is 5.56 Å². The van der Waals surface area contributed by atoms with Gasteiger partial charge >= 0.3 is 5.97 Å². The molecular weight excluding hydrogens is 196 g/mol. The number of hydrogen-bond donors (Lipinski definition) is 1. The second-order valence-corrected chi connectivity index (χ2v) is 4.17. The summed E-state index contributed by atoms with van der Waals surface area (Å²) in [5.41, 5.74) is -0.591. The highest BCUT2D eigenvalue weighted by Crippen LogP contribution is 2.18. The maximum atomic E-state index is 10.8. The summed E-state index contributed by atoms with van der Waals surface area (Å²) in [5.74, 6) is -0.810. The molecule has 0 saturated carbocycles.